The lowest BCUT2D eigenvalue weighted by molar-refractivity contribution is -0.176. The maximum Gasteiger partial charge on any atom is 0.166 e. The van der Waals surface area contributed by atoms with Crippen LogP contribution in [0.25, 0.3) is 22.3 Å². The Hall–Kier alpha value is -2.63. The summed E-state index contributed by atoms with van der Waals surface area (Å²) in [6.07, 6.45) is 0.190. The standard InChI is InChI=1S/C25H23F3O2/c1-3-16-8-11-22(25(28)24(16)27)18-6-4-17(5-7-18)21-10-9-19(12-23(21)26)20-13-29-15(2)30-14-20/h4-12,15,20H,3,13-14H2,1-2H3. The molecule has 0 aliphatic carbocycles. The summed E-state index contributed by atoms with van der Waals surface area (Å²) < 4.78 is 54.3. The maximum absolute atomic E-state index is 14.8. The SMILES string of the molecule is CCc1ccc(-c2ccc(-c3ccc(C4COC(C)OC4)cc3F)cc2)c(F)c1F. The molecule has 1 aliphatic rings. The number of hydrogen-bond acceptors (Lipinski definition) is 2. The Balaban J connectivity index is 1.58. The molecule has 0 saturated carbocycles. The topological polar surface area (TPSA) is 18.5 Å². The van der Waals surface area contributed by atoms with Gasteiger partial charge in [-0.2, -0.15) is 0 Å². The van der Waals surface area contributed by atoms with E-state index in [4.69, 9.17) is 9.47 Å². The minimum atomic E-state index is -0.858. The molecule has 0 spiro atoms. The van der Waals surface area contributed by atoms with Crippen LogP contribution >= 0.6 is 0 Å². The minimum absolute atomic E-state index is 0.00362. The van der Waals surface area contributed by atoms with Crippen LogP contribution in [0.2, 0.25) is 0 Å². The Bertz CT molecular complexity index is 1040. The van der Waals surface area contributed by atoms with Crippen molar-refractivity contribution in [1.82, 2.24) is 0 Å². The molecule has 1 saturated heterocycles. The van der Waals surface area contributed by atoms with Gasteiger partial charge in [0.15, 0.2) is 17.9 Å². The Morgan fingerprint density at radius 3 is 2.00 bits per heavy atom. The zero-order chi connectivity index (χ0) is 21.3. The smallest absolute Gasteiger partial charge is 0.166 e. The molecule has 0 aromatic heterocycles. The summed E-state index contributed by atoms with van der Waals surface area (Å²) in [5, 5.41) is 0. The number of aryl methyl sites for hydroxylation is 1. The first-order valence-electron chi connectivity index (χ1n) is 10.1. The first-order chi connectivity index (χ1) is 14.5. The van der Waals surface area contributed by atoms with Crippen molar-refractivity contribution in [3.05, 3.63) is 83.2 Å². The molecule has 0 bridgehead atoms. The van der Waals surface area contributed by atoms with Gasteiger partial charge in [0.05, 0.1) is 13.2 Å². The summed E-state index contributed by atoms with van der Waals surface area (Å²) >= 11 is 0. The first kappa shape index (κ1) is 20.6. The zero-order valence-corrected chi connectivity index (χ0v) is 16.9. The Labute approximate surface area is 174 Å². The van der Waals surface area contributed by atoms with Gasteiger partial charge >= 0.3 is 0 Å². The third-order valence-corrected chi connectivity index (χ3v) is 5.58. The normalized spacial score (nSPS) is 19.1. The largest absolute Gasteiger partial charge is 0.352 e. The molecule has 0 N–H and O–H groups in total. The van der Waals surface area contributed by atoms with E-state index in [0.717, 1.165) is 5.56 Å². The van der Waals surface area contributed by atoms with E-state index in [1.807, 2.05) is 13.0 Å². The lowest BCUT2D eigenvalue weighted by Crippen LogP contribution is -2.28. The molecule has 0 amide bonds. The summed E-state index contributed by atoms with van der Waals surface area (Å²) in [6, 6.07) is 15.1. The molecule has 3 aromatic rings. The average molecular weight is 412 g/mol. The second kappa shape index (κ2) is 8.62. The van der Waals surface area contributed by atoms with E-state index >= 15 is 0 Å². The maximum atomic E-state index is 14.8. The summed E-state index contributed by atoms with van der Waals surface area (Å²) in [5.74, 6) is -2.02. The van der Waals surface area contributed by atoms with Gasteiger partial charge in [-0.25, -0.2) is 13.2 Å². The molecular formula is C25H23F3O2. The van der Waals surface area contributed by atoms with Crippen LogP contribution in [0.1, 0.15) is 30.9 Å². The zero-order valence-electron chi connectivity index (χ0n) is 16.9. The van der Waals surface area contributed by atoms with Gasteiger partial charge in [0.1, 0.15) is 5.82 Å². The number of ether oxygens (including phenoxy) is 2. The predicted molar refractivity (Wildman–Crippen MR) is 111 cm³/mol. The van der Waals surface area contributed by atoms with E-state index in [1.54, 1.807) is 49.4 Å². The summed E-state index contributed by atoms with van der Waals surface area (Å²) in [6.45, 7) is 4.60. The Morgan fingerprint density at radius 1 is 0.800 bits per heavy atom. The van der Waals surface area contributed by atoms with Crippen molar-refractivity contribution >= 4 is 0 Å². The van der Waals surface area contributed by atoms with Gasteiger partial charge in [-0.3, -0.25) is 0 Å². The molecule has 3 aromatic carbocycles. The molecule has 1 fully saturated rings. The highest BCUT2D eigenvalue weighted by atomic mass is 19.2. The molecule has 1 aliphatic heterocycles. The summed E-state index contributed by atoms with van der Waals surface area (Å²) in [7, 11) is 0. The van der Waals surface area contributed by atoms with E-state index in [1.165, 1.54) is 6.07 Å². The van der Waals surface area contributed by atoms with Crippen molar-refractivity contribution < 1.29 is 22.6 Å². The van der Waals surface area contributed by atoms with Crippen LogP contribution in [-0.2, 0) is 15.9 Å². The number of hydrogen-bond donors (Lipinski definition) is 0. The van der Waals surface area contributed by atoms with Crippen LogP contribution in [0.4, 0.5) is 13.2 Å². The molecular weight excluding hydrogens is 389 g/mol. The van der Waals surface area contributed by atoms with Crippen molar-refractivity contribution in [3.8, 4) is 22.3 Å². The molecule has 5 heteroatoms. The lowest BCUT2D eigenvalue weighted by atomic mass is 9.95. The molecule has 0 atom stereocenters. The van der Waals surface area contributed by atoms with Crippen molar-refractivity contribution in [3.63, 3.8) is 0 Å². The van der Waals surface area contributed by atoms with Gasteiger partial charge in [-0.15, -0.1) is 0 Å². The van der Waals surface area contributed by atoms with Crippen LogP contribution in [0.3, 0.4) is 0 Å². The average Bonchev–Trinajstić information content (AvgIpc) is 2.76. The van der Waals surface area contributed by atoms with E-state index in [-0.39, 0.29) is 23.6 Å². The van der Waals surface area contributed by atoms with Crippen LogP contribution in [0.5, 0.6) is 0 Å². The highest BCUT2D eigenvalue weighted by Gasteiger charge is 2.22. The fourth-order valence-electron chi connectivity index (χ4n) is 3.73. The van der Waals surface area contributed by atoms with Crippen LogP contribution < -0.4 is 0 Å². The van der Waals surface area contributed by atoms with Crippen LogP contribution in [0.15, 0.2) is 54.6 Å². The van der Waals surface area contributed by atoms with E-state index in [0.29, 0.717) is 41.9 Å². The van der Waals surface area contributed by atoms with Gasteiger partial charge in [0.25, 0.3) is 0 Å². The molecule has 4 rings (SSSR count). The fraction of sp³-hybridized carbons (Fsp3) is 0.280. The Kier molecular flexibility index (Phi) is 5.93. The number of rotatable bonds is 4. The van der Waals surface area contributed by atoms with E-state index in [9.17, 15) is 13.2 Å². The van der Waals surface area contributed by atoms with E-state index < -0.39 is 11.6 Å². The predicted octanol–water partition coefficient (Wildman–Crippen LogP) is 6.48. The monoisotopic (exact) mass is 412 g/mol. The third-order valence-electron chi connectivity index (χ3n) is 5.58. The van der Waals surface area contributed by atoms with Gasteiger partial charge in [0.2, 0.25) is 0 Å². The summed E-state index contributed by atoms with van der Waals surface area (Å²) in [5.41, 5.74) is 3.02. The highest BCUT2D eigenvalue weighted by Crippen LogP contribution is 2.31. The Morgan fingerprint density at radius 2 is 1.40 bits per heavy atom. The minimum Gasteiger partial charge on any atom is -0.352 e. The third kappa shape index (κ3) is 4.00. The fourth-order valence-corrected chi connectivity index (χ4v) is 3.73. The second-order valence-corrected chi connectivity index (χ2v) is 7.50. The highest BCUT2D eigenvalue weighted by molar-refractivity contribution is 5.71. The molecule has 156 valence electrons. The van der Waals surface area contributed by atoms with Crippen molar-refractivity contribution in [2.75, 3.05) is 13.2 Å². The quantitative estimate of drug-likeness (QED) is 0.488. The second-order valence-electron chi connectivity index (χ2n) is 7.50. The molecule has 0 radical (unpaired) electrons. The molecule has 30 heavy (non-hydrogen) atoms. The van der Waals surface area contributed by atoms with Crippen LogP contribution in [-0.4, -0.2) is 19.5 Å². The van der Waals surface area contributed by atoms with Crippen molar-refractivity contribution in [1.29, 1.82) is 0 Å². The van der Waals surface area contributed by atoms with Gasteiger partial charge in [-0.05, 0) is 41.7 Å². The number of halogens is 3. The van der Waals surface area contributed by atoms with Gasteiger partial charge < -0.3 is 9.47 Å². The number of benzene rings is 3. The molecule has 0 unspecified atom stereocenters. The lowest BCUT2D eigenvalue weighted by Gasteiger charge is -2.27. The van der Waals surface area contributed by atoms with Gasteiger partial charge in [0, 0.05) is 17.0 Å². The van der Waals surface area contributed by atoms with E-state index in [2.05, 4.69) is 0 Å². The summed E-state index contributed by atoms with van der Waals surface area (Å²) in [4.78, 5) is 0. The van der Waals surface area contributed by atoms with Crippen molar-refractivity contribution in [2.45, 2.75) is 32.5 Å². The first-order valence-corrected chi connectivity index (χ1v) is 10.1. The van der Waals surface area contributed by atoms with Gasteiger partial charge in [-0.1, -0.05) is 55.5 Å². The van der Waals surface area contributed by atoms with Crippen molar-refractivity contribution in [2.24, 2.45) is 0 Å². The van der Waals surface area contributed by atoms with Crippen LogP contribution in [0, 0.1) is 17.5 Å². The molecule has 1 heterocycles. The molecule has 2 nitrogen and oxygen atoms in total.